The third-order valence-corrected chi connectivity index (χ3v) is 17.3. The predicted octanol–water partition coefficient (Wildman–Crippen LogP) is 7.28. The SMILES string of the molecule is C/C(=C\c1ccccc1O)CC[C@H]1OB(O)C[C@H]2C1=C(CO[Si](c1ccccc1)(c1ccccc1)C(C)(C)C)C[C@H]1C(=O)N(C3CCCCC3)C(=O)[C@H]12. The highest BCUT2D eigenvalue weighted by Crippen LogP contribution is 2.52. The van der Waals surface area contributed by atoms with Crippen LogP contribution in [0.2, 0.25) is 11.4 Å². The van der Waals surface area contributed by atoms with Crippen molar-refractivity contribution < 1.29 is 28.8 Å². The molecule has 0 radical (unpaired) electrons. The number of nitrogens with zero attached hydrogens (tertiary/aromatic N) is 1. The monoisotopic (exact) mass is 731 g/mol. The number of phenols is 1. The van der Waals surface area contributed by atoms with Crippen LogP contribution < -0.4 is 10.4 Å². The Labute approximate surface area is 316 Å². The molecule has 2 heterocycles. The standard InChI is InChI=1S/C44H54BNO6Si/c1-30(26-31-16-14-15-23-38(31)47)24-25-39-40-32(29-51-53(44(2,3)4,34-19-10-6-11-20-34)35-21-12-7-13-22-35)27-36-41(37(40)28-45(50)52-39)43(49)46(42(36)48)33-17-8-5-9-18-33/h6-7,10-16,19-23,26,33,36-37,39,41,47,50H,5,8-9,17-18,24-25,27-29H2,1-4H3/b30-26+/t36-,37+,39-,41-/m1/s1. The molecule has 7 rings (SSSR count). The average molecular weight is 732 g/mol. The zero-order valence-electron chi connectivity index (χ0n) is 31.7. The van der Waals surface area contributed by atoms with Gasteiger partial charge in [0.2, 0.25) is 11.8 Å². The van der Waals surface area contributed by atoms with Crippen LogP contribution in [0.15, 0.2) is 102 Å². The van der Waals surface area contributed by atoms with E-state index in [4.69, 9.17) is 9.08 Å². The molecule has 53 heavy (non-hydrogen) atoms. The molecule has 9 heteroatoms. The van der Waals surface area contributed by atoms with Crippen LogP contribution in [0, 0.1) is 17.8 Å². The lowest BCUT2D eigenvalue weighted by molar-refractivity contribution is -0.143. The number of allylic oxidation sites excluding steroid dienone is 1. The van der Waals surface area contributed by atoms with Crippen molar-refractivity contribution in [2.45, 2.75) is 103 Å². The number of carbonyl (C=O) groups is 2. The van der Waals surface area contributed by atoms with Crippen molar-refractivity contribution in [2.75, 3.05) is 6.61 Å². The van der Waals surface area contributed by atoms with Gasteiger partial charge in [-0.05, 0) is 83.9 Å². The zero-order chi connectivity index (χ0) is 37.3. The number of carbonyl (C=O) groups excluding carboxylic acids is 2. The second-order valence-corrected chi connectivity index (χ2v) is 21.0. The van der Waals surface area contributed by atoms with E-state index in [1.54, 1.807) is 11.0 Å². The van der Waals surface area contributed by atoms with Gasteiger partial charge in [-0.3, -0.25) is 14.5 Å². The molecule has 0 spiro atoms. The Morgan fingerprint density at radius 2 is 1.53 bits per heavy atom. The average Bonchev–Trinajstić information content (AvgIpc) is 3.40. The number of hydrogen-bond donors (Lipinski definition) is 2. The summed E-state index contributed by atoms with van der Waals surface area (Å²) in [6, 6.07) is 28.4. The van der Waals surface area contributed by atoms with Crippen molar-refractivity contribution in [3.8, 4) is 5.75 Å². The Balaban J connectivity index is 1.29. The minimum Gasteiger partial charge on any atom is -0.507 e. The summed E-state index contributed by atoms with van der Waals surface area (Å²) in [6.45, 7) is 9.15. The molecule has 3 aromatic rings. The maximum absolute atomic E-state index is 14.4. The molecule has 2 aliphatic heterocycles. The second kappa shape index (κ2) is 15.5. The molecule has 2 amide bonds. The number of rotatable bonds is 10. The molecule has 2 N–H and O–H groups in total. The Hall–Kier alpha value is -3.76. The highest BCUT2D eigenvalue weighted by atomic mass is 28.4. The molecule has 4 atom stereocenters. The number of hydrogen-bond acceptors (Lipinski definition) is 6. The number of fused-ring (bicyclic) bond motifs is 3. The number of para-hydroxylation sites is 1. The summed E-state index contributed by atoms with van der Waals surface area (Å²) in [6.07, 6.45) is 8.46. The van der Waals surface area contributed by atoms with Crippen LogP contribution in [0.25, 0.3) is 6.08 Å². The predicted molar refractivity (Wildman–Crippen MR) is 213 cm³/mol. The minimum atomic E-state index is -2.93. The number of imide groups is 1. The highest BCUT2D eigenvalue weighted by molar-refractivity contribution is 6.99. The normalized spacial score (nSPS) is 24.4. The van der Waals surface area contributed by atoms with Crippen molar-refractivity contribution in [3.63, 3.8) is 0 Å². The minimum absolute atomic E-state index is 0.0441. The largest absolute Gasteiger partial charge is 0.507 e. The first-order valence-corrected chi connectivity index (χ1v) is 21.5. The van der Waals surface area contributed by atoms with Gasteiger partial charge in [0.15, 0.2) is 0 Å². The third-order valence-electron chi connectivity index (χ3n) is 12.3. The van der Waals surface area contributed by atoms with E-state index >= 15 is 0 Å². The summed E-state index contributed by atoms with van der Waals surface area (Å²) in [5, 5.41) is 23.8. The molecule has 278 valence electrons. The van der Waals surface area contributed by atoms with Gasteiger partial charge < -0.3 is 19.2 Å². The molecule has 2 aliphatic carbocycles. The second-order valence-electron chi connectivity index (χ2n) is 16.7. The van der Waals surface area contributed by atoms with Crippen molar-refractivity contribution in [1.82, 2.24) is 4.90 Å². The summed E-state index contributed by atoms with van der Waals surface area (Å²) in [5.74, 6) is -1.17. The van der Waals surface area contributed by atoms with Gasteiger partial charge in [-0.1, -0.05) is 131 Å². The number of aromatic hydroxyl groups is 1. The van der Waals surface area contributed by atoms with E-state index in [-0.39, 0.29) is 40.9 Å². The van der Waals surface area contributed by atoms with E-state index < -0.39 is 33.4 Å². The first kappa shape index (κ1) is 37.6. The van der Waals surface area contributed by atoms with E-state index in [0.717, 1.165) is 54.4 Å². The van der Waals surface area contributed by atoms with Crippen LogP contribution in [0.5, 0.6) is 5.75 Å². The van der Waals surface area contributed by atoms with Gasteiger partial charge in [0.05, 0.1) is 24.5 Å². The highest BCUT2D eigenvalue weighted by Gasteiger charge is 2.59. The van der Waals surface area contributed by atoms with Gasteiger partial charge in [0.25, 0.3) is 8.32 Å². The van der Waals surface area contributed by atoms with Gasteiger partial charge in [0, 0.05) is 11.6 Å². The smallest absolute Gasteiger partial charge is 0.455 e. The van der Waals surface area contributed by atoms with Crippen molar-refractivity contribution in [1.29, 1.82) is 0 Å². The Kier molecular flexibility index (Phi) is 11.0. The number of benzene rings is 3. The molecule has 0 aromatic heterocycles. The number of likely N-dealkylation sites (tertiary alicyclic amines) is 1. The molecular formula is C44H54BNO6Si. The summed E-state index contributed by atoms with van der Waals surface area (Å²) in [7, 11) is -3.98. The molecule has 3 aromatic carbocycles. The fraction of sp³-hybridized carbons (Fsp3) is 0.455. The van der Waals surface area contributed by atoms with Crippen LogP contribution in [-0.2, 0) is 18.7 Å². The molecule has 0 unspecified atom stereocenters. The van der Waals surface area contributed by atoms with E-state index in [1.165, 1.54) is 10.4 Å². The maximum atomic E-state index is 14.4. The van der Waals surface area contributed by atoms with Crippen LogP contribution in [-0.4, -0.2) is 61.0 Å². The Morgan fingerprint density at radius 1 is 0.906 bits per heavy atom. The van der Waals surface area contributed by atoms with Crippen LogP contribution in [0.3, 0.4) is 0 Å². The Bertz CT molecular complexity index is 1810. The number of phenolic OH excluding ortho intramolecular Hbond substituents is 1. The zero-order valence-corrected chi connectivity index (χ0v) is 32.7. The van der Waals surface area contributed by atoms with E-state index in [2.05, 4.69) is 69.3 Å². The van der Waals surface area contributed by atoms with Crippen molar-refractivity contribution >= 4 is 43.7 Å². The molecule has 1 saturated carbocycles. The van der Waals surface area contributed by atoms with Gasteiger partial charge >= 0.3 is 7.12 Å². The lowest BCUT2D eigenvalue weighted by Gasteiger charge is -2.46. The number of amides is 2. The lowest BCUT2D eigenvalue weighted by Crippen LogP contribution is -2.66. The summed E-state index contributed by atoms with van der Waals surface area (Å²) in [5.41, 5.74) is 3.90. The van der Waals surface area contributed by atoms with Crippen molar-refractivity contribution in [2.24, 2.45) is 17.8 Å². The van der Waals surface area contributed by atoms with Gasteiger partial charge in [-0.15, -0.1) is 0 Å². The quantitative estimate of drug-likeness (QED) is 0.129. The fourth-order valence-corrected chi connectivity index (χ4v) is 14.4. The Morgan fingerprint density at radius 3 is 2.15 bits per heavy atom. The van der Waals surface area contributed by atoms with E-state index in [1.807, 2.05) is 43.3 Å². The van der Waals surface area contributed by atoms with Crippen LogP contribution in [0.4, 0.5) is 0 Å². The third kappa shape index (κ3) is 7.25. The molecule has 4 aliphatic rings. The molecule has 3 fully saturated rings. The van der Waals surface area contributed by atoms with Crippen LogP contribution >= 0.6 is 0 Å². The maximum Gasteiger partial charge on any atom is 0.455 e. The summed E-state index contributed by atoms with van der Waals surface area (Å²) >= 11 is 0. The molecule has 0 bridgehead atoms. The molecule has 2 saturated heterocycles. The van der Waals surface area contributed by atoms with Gasteiger partial charge in [-0.2, -0.15) is 0 Å². The van der Waals surface area contributed by atoms with Gasteiger partial charge in [0.1, 0.15) is 5.75 Å². The first-order chi connectivity index (χ1) is 25.5. The molecular weight excluding hydrogens is 677 g/mol. The fourth-order valence-electron chi connectivity index (χ4n) is 9.88. The van der Waals surface area contributed by atoms with Crippen LogP contribution in [0.1, 0.15) is 84.6 Å². The summed E-state index contributed by atoms with van der Waals surface area (Å²) < 4.78 is 13.9. The van der Waals surface area contributed by atoms with E-state index in [0.29, 0.717) is 25.9 Å². The first-order valence-electron chi connectivity index (χ1n) is 19.6. The van der Waals surface area contributed by atoms with Gasteiger partial charge in [-0.25, -0.2) is 0 Å². The molecule has 7 nitrogen and oxygen atoms in total. The summed E-state index contributed by atoms with van der Waals surface area (Å²) in [4.78, 5) is 30.5. The lowest BCUT2D eigenvalue weighted by atomic mass is 9.58. The van der Waals surface area contributed by atoms with Crippen molar-refractivity contribution in [3.05, 3.63) is 107 Å². The van der Waals surface area contributed by atoms with E-state index in [9.17, 15) is 19.7 Å². The topological polar surface area (TPSA) is 96.3 Å².